The summed E-state index contributed by atoms with van der Waals surface area (Å²) >= 11 is 0. The number of nitriles is 1. The van der Waals surface area contributed by atoms with Crippen molar-refractivity contribution in [2.75, 3.05) is 0 Å². The predicted molar refractivity (Wildman–Crippen MR) is 101 cm³/mol. The molecule has 1 amide bonds. The minimum Gasteiger partial charge on any atom is -0.451 e. The van der Waals surface area contributed by atoms with Crippen LogP contribution in [-0.2, 0) is 20.9 Å². The maximum atomic E-state index is 12.4. The molecule has 0 spiro atoms. The van der Waals surface area contributed by atoms with Gasteiger partial charge in [-0.05, 0) is 31.9 Å². The third-order valence-corrected chi connectivity index (χ3v) is 4.87. The lowest BCUT2D eigenvalue weighted by Gasteiger charge is -2.32. The van der Waals surface area contributed by atoms with Gasteiger partial charge >= 0.3 is 11.7 Å². The zero-order valence-corrected chi connectivity index (χ0v) is 16.1. The number of ether oxygens (including phenoxy) is 1. The molecule has 9 heteroatoms. The Morgan fingerprint density at radius 3 is 2.66 bits per heavy atom. The first-order valence-corrected chi connectivity index (χ1v) is 9.48. The van der Waals surface area contributed by atoms with Crippen LogP contribution in [0.3, 0.4) is 0 Å². The van der Waals surface area contributed by atoms with Gasteiger partial charge in [-0.25, -0.2) is 4.79 Å². The summed E-state index contributed by atoms with van der Waals surface area (Å²) < 4.78 is 11.0. The van der Waals surface area contributed by atoms with Crippen molar-refractivity contribution in [2.45, 2.75) is 57.2 Å². The Morgan fingerprint density at radius 1 is 1.31 bits per heavy atom. The number of benzene rings is 1. The summed E-state index contributed by atoms with van der Waals surface area (Å²) in [5, 5.41) is 16.1. The highest BCUT2D eigenvalue weighted by molar-refractivity contribution is 5.84. The molecule has 0 radical (unpaired) electrons. The summed E-state index contributed by atoms with van der Waals surface area (Å²) in [7, 11) is 0. The average Bonchev–Trinajstić information content (AvgIpc) is 3.09. The van der Waals surface area contributed by atoms with Crippen molar-refractivity contribution in [1.29, 1.82) is 5.26 Å². The normalized spacial score (nSPS) is 16.4. The van der Waals surface area contributed by atoms with Gasteiger partial charge in [-0.3, -0.25) is 9.59 Å². The Morgan fingerprint density at radius 2 is 2.00 bits per heavy atom. The number of esters is 1. The van der Waals surface area contributed by atoms with E-state index in [0.29, 0.717) is 18.4 Å². The number of carbonyl (C=O) groups excluding carboxylic acids is 2. The van der Waals surface area contributed by atoms with E-state index in [9.17, 15) is 19.6 Å². The molecule has 29 heavy (non-hydrogen) atoms. The highest BCUT2D eigenvalue weighted by Crippen LogP contribution is 2.27. The number of aromatic nitrogens is 2. The van der Waals surface area contributed by atoms with E-state index in [-0.39, 0.29) is 5.89 Å². The van der Waals surface area contributed by atoms with Crippen LogP contribution in [-0.4, -0.2) is 33.3 Å². The van der Waals surface area contributed by atoms with Crippen LogP contribution in [0, 0.1) is 11.3 Å². The number of nitrogens with one attached hydrogen (secondary N) is 1. The standard InChI is InChI=1S/C20H22N4O5/c1-14(17(26)22-20(13-21)10-6-3-7-11-20)28-16(25)12-24-19(27)29-18(23-24)15-8-4-2-5-9-15/h2,4-5,8-9,14H,3,6-7,10-12H2,1H3,(H,22,26)/t14-/m0/s1. The number of carbonyl (C=O) groups is 2. The quantitative estimate of drug-likeness (QED) is 0.735. The van der Waals surface area contributed by atoms with Crippen molar-refractivity contribution in [1.82, 2.24) is 15.1 Å². The molecule has 0 bridgehead atoms. The van der Waals surface area contributed by atoms with Crippen LogP contribution in [0.1, 0.15) is 39.0 Å². The summed E-state index contributed by atoms with van der Waals surface area (Å²) in [4.78, 5) is 36.5. The lowest BCUT2D eigenvalue weighted by molar-refractivity contribution is -0.156. The zero-order chi connectivity index (χ0) is 20.9. The maximum absolute atomic E-state index is 12.4. The molecule has 1 heterocycles. The van der Waals surface area contributed by atoms with Gasteiger partial charge in [-0.15, -0.1) is 5.10 Å². The highest BCUT2D eigenvalue weighted by Gasteiger charge is 2.35. The van der Waals surface area contributed by atoms with Crippen molar-refractivity contribution in [3.05, 3.63) is 40.9 Å². The van der Waals surface area contributed by atoms with Crippen LogP contribution >= 0.6 is 0 Å². The molecular weight excluding hydrogens is 376 g/mol. The molecule has 1 atom stereocenters. The monoisotopic (exact) mass is 398 g/mol. The van der Waals surface area contributed by atoms with E-state index < -0.39 is 35.8 Å². The molecule has 0 aliphatic heterocycles. The summed E-state index contributed by atoms with van der Waals surface area (Å²) in [6.45, 7) is 0.929. The van der Waals surface area contributed by atoms with E-state index in [1.54, 1.807) is 24.3 Å². The second-order valence-corrected chi connectivity index (χ2v) is 7.07. The number of rotatable bonds is 6. The molecule has 0 unspecified atom stereocenters. The Kier molecular flexibility index (Phi) is 6.12. The first-order chi connectivity index (χ1) is 13.9. The van der Waals surface area contributed by atoms with Crippen molar-refractivity contribution in [3.63, 3.8) is 0 Å². The van der Waals surface area contributed by atoms with Crippen LogP contribution in [0.4, 0.5) is 0 Å². The first kappa shape index (κ1) is 20.3. The molecule has 9 nitrogen and oxygen atoms in total. The van der Waals surface area contributed by atoms with E-state index >= 15 is 0 Å². The fourth-order valence-electron chi connectivity index (χ4n) is 3.27. The molecule has 2 aromatic rings. The number of hydrogen-bond donors (Lipinski definition) is 1. The summed E-state index contributed by atoms with van der Waals surface area (Å²) in [6.07, 6.45) is 2.80. The van der Waals surface area contributed by atoms with Gasteiger partial charge in [-0.1, -0.05) is 37.5 Å². The lowest BCUT2D eigenvalue weighted by Crippen LogP contribution is -2.52. The molecule has 1 aliphatic carbocycles. The molecule has 1 aliphatic rings. The molecule has 1 aromatic heterocycles. The van der Waals surface area contributed by atoms with Crippen LogP contribution < -0.4 is 11.1 Å². The van der Waals surface area contributed by atoms with E-state index in [2.05, 4.69) is 16.5 Å². The predicted octanol–water partition coefficient (Wildman–Crippen LogP) is 1.78. The van der Waals surface area contributed by atoms with Crippen molar-refractivity contribution >= 4 is 11.9 Å². The molecule has 1 N–H and O–H groups in total. The number of amides is 1. The topological polar surface area (TPSA) is 127 Å². The second kappa shape index (κ2) is 8.73. The summed E-state index contributed by atoms with van der Waals surface area (Å²) in [5.41, 5.74) is -0.317. The van der Waals surface area contributed by atoms with Gasteiger partial charge in [0.05, 0.1) is 6.07 Å². The fourth-order valence-corrected chi connectivity index (χ4v) is 3.27. The maximum Gasteiger partial charge on any atom is 0.437 e. The van der Waals surface area contributed by atoms with E-state index in [1.165, 1.54) is 6.92 Å². The molecule has 152 valence electrons. The molecule has 3 rings (SSSR count). The third kappa shape index (κ3) is 4.90. The van der Waals surface area contributed by atoms with Crippen LogP contribution in [0.2, 0.25) is 0 Å². The number of hydrogen-bond acceptors (Lipinski definition) is 7. The SMILES string of the molecule is C[C@H](OC(=O)Cn1nc(-c2ccccc2)oc1=O)C(=O)NC1(C#N)CCCCC1. The molecule has 1 saturated carbocycles. The Bertz CT molecular complexity index is 967. The summed E-state index contributed by atoms with van der Waals surface area (Å²) in [6, 6.07) is 11.0. The minimum atomic E-state index is -1.11. The van der Waals surface area contributed by atoms with Gasteiger partial charge in [0.15, 0.2) is 6.10 Å². The van der Waals surface area contributed by atoms with Gasteiger partial charge < -0.3 is 14.5 Å². The van der Waals surface area contributed by atoms with Crippen molar-refractivity contribution < 1.29 is 18.7 Å². The highest BCUT2D eigenvalue weighted by atomic mass is 16.5. The van der Waals surface area contributed by atoms with Crippen LogP contribution in [0.15, 0.2) is 39.5 Å². The van der Waals surface area contributed by atoms with Gasteiger partial charge in [0.1, 0.15) is 12.1 Å². The van der Waals surface area contributed by atoms with E-state index in [0.717, 1.165) is 23.9 Å². The van der Waals surface area contributed by atoms with Gasteiger partial charge in [0.25, 0.3) is 5.91 Å². The average molecular weight is 398 g/mol. The van der Waals surface area contributed by atoms with Gasteiger partial charge in [0, 0.05) is 5.56 Å². The largest absolute Gasteiger partial charge is 0.451 e. The lowest BCUT2D eigenvalue weighted by atomic mass is 9.83. The van der Waals surface area contributed by atoms with E-state index in [1.807, 2.05) is 6.07 Å². The first-order valence-electron chi connectivity index (χ1n) is 9.48. The fraction of sp³-hybridized carbons (Fsp3) is 0.450. The van der Waals surface area contributed by atoms with Gasteiger partial charge in [0.2, 0.25) is 5.89 Å². The zero-order valence-electron chi connectivity index (χ0n) is 16.1. The molecule has 1 fully saturated rings. The number of nitrogens with zero attached hydrogens (tertiary/aromatic N) is 3. The van der Waals surface area contributed by atoms with Crippen molar-refractivity contribution in [2.24, 2.45) is 0 Å². The van der Waals surface area contributed by atoms with Gasteiger partial charge in [-0.2, -0.15) is 9.94 Å². The second-order valence-electron chi connectivity index (χ2n) is 7.07. The Hall–Kier alpha value is -3.41. The summed E-state index contributed by atoms with van der Waals surface area (Å²) in [5.74, 6) is -2.07. The smallest absolute Gasteiger partial charge is 0.437 e. The molecule has 1 aromatic carbocycles. The van der Waals surface area contributed by atoms with Crippen LogP contribution in [0.25, 0.3) is 11.5 Å². The van der Waals surface area contributed by atoms with Crippen LogP contribution in [0.5, 0.6) is 0 Å². The molecule has 0 saturated heterocycles. The van der Waals surface area contributed by atoms with Crippen molar-refractivity contribution in [3.8, 4) is 17.5 Å². The Balaban J connectivity index is 1.59. The third-order valence-electron chi connectivity index (χ3n) is 4.87. The minimum absolute atomic E-state index is 0.0856. The Labute approximate surface area is 167 Å². The van der Waals surface area contributed by atoms with E-state index in [4.69, 9.17) is 9.15 Å². The molecular formula is C20H22N4O5.